The predicted octanol–water partition coefficient (Wildman–Crippen LogP) is 2.90. The summed E-state index contributed by atoms with van der Waals surface area (Å²) in [7, 11) is 3.11. The first-order valence-electron chi connectivity index (χ1n) is 6.47. The number of benzene rings is 2. The molecular formula is C15H15N3O4. The number of nitro benzene ring substituents is 1. The van der Waals surface area contributed by atoms with Crippen molar-refractivity contribution in [3.8, 4) is 5.75 Å². The van der Waals surface area contributed by atoms with Crippen LogP contribution in [-0.2, 0) is 0 Å². The van der Waals surface area contributed by atoms with Crippen molar-refractivity contribution in [1.82, 2.24) is 0 Å². The van der Waals surface area contributed by atoms with Gasteiger partial charge in [-0.3, -0.25) is 14.9 Å². The third-order valence-electron chi connectivity index (χ3n) is 3.09. The number of carbonyl (C=O) groups excluding carboxylic acids is 1. The molecule has 0 saturated carbocycles. The molecule has 0 unspecified atom stereocenters. The van der Waals surface area contributed by atoms with Crippen molar-refractivity contribution in [3.63, 3.8) is 0 Å². The van der Waals surface area contributed by atoms with Gasteiger partial charge in [0.2, 0.25) is 0 Å². The lowest BCUT2D eigenvalue weighted by Gasteiger charge is -2.10. The Balaban J connectivity index is 2.34. The number of ether oxygens (including phenoxy) is 1. The number of carbonyl (C=O) groups is 1. The van der Waals surface area contributed by atoms with Gasteiger partial charge in [-0.25, -0.2) is 0 Å². The van der Waals surface area contributed by atoms with E-state index < -0.39 is 10.8 Å². The quantitative estimate of drug-likeness (QED) is 0.654. The normalized spacial score (nSPS) is 9.91. The maximum absolute atomic E-state index is 12.3. The van der Waals surface area contributed by atoms with Gasteiger partial charge in [0.05, 0.1) is 23.7 Å². The van der Waals surface area contributed by atoms with Crippen molar-refractivity contribution in [1.29, 1.82) is 0 Å². The Morgan fingerprint density at radius 3 is 2.55 bits per heavy atom. The number of anilines is 2. The van der Waals surface area contributed by atoms with Crippen LogP contribution in [0, 0.1) is 10.1 Å². The zero-order chi connectivity index (χ0) is 16.1. The minimum atomic E-state index is -0.567. The van der Waals surface area contributed by atoms with Crippen molar-refractivity contribution in [2.24, 2.45) is 0 Å². The third-order valence-corrected chi connectivity index (χ3v) is 3.09. The fourth-order valence-electron chi connectivity index (χ4n) is 1.98. The summed E-state index contributed by atoms with van der Waals surface area (Å²) in [4.78, 5) is 22.9. The number of rotatable bonds is 5. The van der Waals surface area contributed by atoms with Crippen LogP contribution < -0.4 is 15.4 Å². The second-order valence-electron chi connectivity index (χ2n) is 4.39. The van der Waals surface area contributed by atoms with E-state index in [1.54, 1.807) is 37.4 Å². The number of nitrogens with one attached hydrogen (secondary N) is 2. The summed E-state index contributed by atoms with van der Waals surface area (Å²) in [5.74, 6) is -0.0847. The van der Waals surface area contributed by atoms with Gasteiger partial charge in [-0.15, -0.1) is 0 Å². The highest BCUT2D eigenvalue weighted by Crippen LogP contribution is 2.29. The molecule has 0 spiro atoms. The van der Waals surface area contributed by atoms with Crippen LogP contribution in [-0.4, -0.2) is 25.0 Å². The Hall–Kier alpha value is -3.09. The number of methoxy groups -OCH3 is 1. The summed E-state index contributed by atoms with van der Waals surface area (Å²) in [6, 6.07) is 11.1. The van der Waals surface area contributed by atoms with Crippen LogP contribution in [0.4, 0.5) is 17.1 Å². The molecule has 7 heteroatoms. The second kappa shape index (κ2) is 6.57. The van der Waals surface area contributed by atoms with Crippen LogP contribution in [0.15, 0.2) is 42.5 Å². The van der Waals surface area contributed by atoms with Gasteiger partial charge in [0.15, 0.2) is 0 Å². The van der Waals surface area contributed by atoms with Gasteiger partial charge in [-0.2, -0.15) is 0 Å². The molecule has 114 valence electrons. The highest BCUT2D eigenvalue weighted by molar-refractivity contribution is 6.08. The summed E-state index contributed by atoms with van der Waals surface area (Å²) >= 11 is 0. The Kier molecular flexibility index (Phi) is 4.57. The number of nitrogens with zero attached hydrogens (tertiary/aromatic N) is 1. The lowest BCUT2D eigenvalue weighted by Crippen LogP contribution is -2.15. The molecule has 0 aromatic heterocycles. The Bertz CT molecular complexity index is 716. The summed E-state index contributed by atoms with van der Waals surface area (Å²) in [5, 5.41) is 16.6. The van der Waals surface area contributed by atoms with Crippen LogP contribution in [0.25, 0.3) is 0 Å². The molecular weight excluding hydrogens is 286 g/mol. The molecule has 0 aliphatic rings. The molecule has 0 heterocycles. The van der Waals surface area contributed by atoms with E-state index >= 15 is 0 Å². The average molecular weight is 301 g/mol. The Morgan fingerprint density at radius 1 is 1.18 bits per heavy atom. The molecule has 1 amide bonds. The van der Waals surface area contributed by atoms with E-state index in [9.17, 15) is 14.9 Å². The lowest BCUT2D eigenvalue weighted by molar-refractivity contribution is -0.384. The maximum Gasteiger partial charge on any atom is 0.296 e. The molecule has 22 heavy (non-hydrogen) atoms. The number of hydrogen-bond donors (Lipinski definition) is 2. The van der Waals surface area contributed by atoms with Gasteiger partial charge in [-0.1, -0.05) is 12.1 Å². The summed E-state index contributed by atoms with van der Waals surface area (Å²) in [6.45, 7) is 0. The lowest BCUT2D eigenvalue weighted by atomic mass is 10.1. The van der Waals surface area contributed by atoms with Gasteiger partial charge in [0.1, 0.15) is 11.4 Å². The standard InChI is InChI=1S/C15H15N3O4/c1-16-12-6-4-3-5-11(12)15(19)17-13-8-7-10(22-2)9-14(13)18(20)21/h3-9,16H,1-2H3,(H,17,19). The maximum atomic E-state index is 12.3. The predicted molar refractivity (Wildman–Crippen MR) is 83.6 cm³/mol. The fourth-order valence-corrected chi connectivity index (χ4v) is 1.98. The van der Waals surface area contributed by atoms with Crippen LogP contribution in [0.5, 0.6) is 5.75 Å². The summed E-state index contributed by atoms with van der Waals surface area (Å²) in [5.41, 5.74) is 0.919. The molecule has 0 bridgehead atoms. The molecule has 2 aromatic rings. The van der Waals surface area contributed by atoms with Crippen LogP contribution in [0.2, 0.25) is 0 Å². The van der Waals surface area contributed by atoms with Gasteiger partial charge in [0.25, 0.3) is 11.6 Å². The number of para-hydroxylation sites is 1. The third kappa shape index (κ3) is 3.14. The van der Waals surface area contributed by atoms with Gasteiger partial charge in [0, 0.05) is 12.7 Å². The first kappa shape index (κ1) is 15.3. The SMILES string of the molecule is CNc1ccccc1C(=O)Nc1ccc(OC)cc1[N+](=O)[O-]. The molecule has 0 fully saturated rings. The zero-order valence-electron chi connectivity index (χ0n) is 12.1. The monoisotopic (exact) mass is 301 g/mol. The summed E-state index contributed by atoms with van der Waals surface area (Å²) in [6.07, 6.45) is 0. The topological polar surface area (TPSA) is 93.5 Å². The molecule has 2 rings (SSSR count). The van der Waals surface area contributed by atoms with Crippen molar-refractivity contribution < 1.29 is 14.5 Å². The first-order valence-corrected chi connectivity index (χ1v) is 6.47. The molecule has 0 aliphatic carbocycles. The first-order chi connectivity index (χ1) is 10.6. The molecule has 0 radical (unpaired) electrons. The Morgan fingerprint density at radius 2 is 1.91 bits per heavy atom. The van der Waals surface area contributed by atoms with Crippen LogP contribution in [0.1, 0.15) is 10.4 Å². The van der Waals surface area contributed by atoms with E-state index in [2.05, 4.69) is 10.6 Å². The molecule has 0 aliphatic heterocycles. The van der Waals surface area contributed by atoms with E-state index in [-0.39, 0.29) is 11.4 Å². The van der Waals surface area contributed by atoms with Gasteiger partial charge < -0.3 is 15.4 Å². The van der Waals surface area contributed by atoms with Gasteiger partial charge in [-0.05, 0) is 24.3 Å². The molecule has 2 N–H and O–H groups in total. The van der Waals surface area contributed by atoms with E-state index in [1.165, 1.54) is 19.2 Å². The summed E-state index contributed by atoms with van der Waals surface area (Å²) < 4.78 is 4.96. The van der Waals surface area contributed by atoms with Gasteiger partial charge >= 0.3 is 0 Å². The van der Waals surface area contributed by atoms with E-state index in [0.29, 0.717) is 17.0 Å². The molecule has 7 nitrogen and oxygen atoms in total. The molecule has 0 atom stereocenters. The van der Waals surface area contributed by atoms with Crippen molar-refractivity contribution in [2.75, 3.05) is 24.8 Å². The average Bonchev–Trinajstić information content (AvgIpc) is 2.54. The van der Waals surface area contributed by atoms with Crippen molar-refractivity contribution in [3.05, 3.63) is 58.1 Å². The van der Waals surface area contributed by atoms with Crippen LogP contribution in [0.3, 0.4) is 0 Å². The minimum absolute atomic E-state index is 0.113. The Labute approximate surface area is 127 Å². The molecule has 2 aromatic carbocycles. The highest BCUT2D eigenvalue weighted by Gasteiger charge is 2.19. The van der Waals surface area contributed by atoms with E-state index in [1.807, 2.05) is 0 Å². The highest BCUT2D eigenvalue weighted by atomic mass is 16.6. The van der Waals surface area contributed by atoms with Crippen molar-refractivity contribution >= 4 is 23.0 Å². The number of hydrogen-bond acceptors (Lipinski definition) is 5. The van der Waals surface area contributed by atoms with E-state index in [4.69, 9.17) is 4.74 Å². The fraction of sp³-hybridized carbons (Fsp3) is 0.133. The van der Waals surface area contributed by atoms with Crippen LogP contribution >= 0.6 is 0 Å². The largest absolute Gasteiger partial charge is 0.496 e. The van der Waals surface area contributed by atoms with Crippen molar-refractivity contribution in [2.45, 2.75) is 0 Å². The molecule has 0 saturated heterocycles. The smallest absolute Gasteiger partial charge is 0.296 e. The van der Waals surface area contributed by atoms with E-state index in [0.717, 1.165) is 0 Å². The number of nitro groups is 1. The second-order valence-corrected chi connectivity index (χ2v) is 4.39. The number of amides is 1. The minimum Gasteiger partial charge on any atom is -0.496 e. The zero-order valence-corrected chi connectivity index (χ0v) is 12.1.